The molecule has 0 unspecified atom stereocenters. The van der Waals surface area contributed by atoms with Crippen LogP contribution < -0.4 is 4.74 Å². The Morgan fingerprint density at radius 1 is 1.47 bits per heavy atom. The molecule has 15 heavy (non-hydrogen) atoms. The van der Waals surface area contributed by atoms with E-state index in [-0.39, 0.29) is 5.78 Å². The first kappa shape index (κ1) is 10.2. The van der Waals surface area contributed by atoms with Gasteiger partial charge in [-0.25, -0.2) is 0 Å². The lowest BCUT2D eigenvalue weighted by Crippen LogP contribution is -2.01. The summed E-state index contributed by atoms with van der Waals surface area (Å²) in [4.78, 5) is 11.9. The summed E-state index contributed by atoms with van der Waals surface area (Å²) in [6, 6.07) is 5.87. The minimum absolute atomic E-state index is 0.218. The summed E-state index contributed by atoms with van der Waals surface area (Å²) in [5, 5.41) is 0. The lowest BCUT2D eigenvalue weighted by atomic mass is 10.0. The van der Waals surface area contributed by atoms with Crippen LogP contribution in [0.5, 0.6) is 5.75 Å². The molecular weight excluding hydrogens is 188 g/mol. The van der Waals surface area contributed by atoms with E-state index in [1.807, 2.05) is 18.2 Å². The number of carbonyl (C=O) groups is 1. The Bertz CT molecular complexity index is 369. The van der Waals surface area contributed by atoms with E-state index >= 15 is 0 Å². The summed E-state index contributed by atoms with van der Waals surface area (Å²) >= 11 is 0. The Labute approximate surface area is 90.3 Å². The third kappa shape index (κ3) is 2.04. The van der Waals surface area contributed by atoms with E-state index in [9.17, 15) is 4.79 Å². The lowest BCUT2D eigenvalue weighted by Gasteiger charge is -2.06. The number of hydrogen-bond donors (Lipinski definition) is 0. The highest BCUT2D eigenvalue weighted by Gasteiger charge is 2.19. The van der Waals surface area contributed by atoms with Crippen molar-refractivity contribution in [1.29, 1.82) is 0 Å². The minimum atomic E-state index is 0.218. The van der Waals surface area contributed by atoms with E-state index < -0.39 is 0 Å². The van der Waals surface area contributed by atoms with E-state index in [1.54, 1.807) is 0 Å². The van der Waals surface area contributed by atoms with Crippen LogP contribution in [0.25, 0.3) is 0 Å². The van der Waals surface area contributed by atoms with Crippen LogP contribution in [0.15, 0.2) is 18.2 Å². The first-order valence-electron chi connectivity index (χ1n) is 5.61. The van der Waals surface area contributed by atoms with Crippen LogP contribution in [0.4, 0.5) is 0 Å². The van der Waals surface area contributed by atoms with Crippen LogP contribution >= 0.6 is 0 Å². The third-order valence-corrected chi connectivity index (χ3v) is 2.77. The van der Waals surface area contributed by atoms with Gasteiger partial charge in [0.15, 0.2) is 5.78 Å². The van der Waals surface area contributed by atoms with Gasteiger partial charge in [-0.15, -0.1) is 0 Å². The number of fused-ring (bicyclic) bond motifs is 1. The normalized spacial score (nSPS) is 13.4. The van der Waals surface area contributed by atoms with Crippen molar-refractivity contribution in [1.82, 2.24) is 0 Å². The molecule has 0 aliphatic carbocycles. The van der Waals surface area contributed by atoms with E-state index in [2.05, 4.69) is 6.92 Å². The fourth-order valence-corrected chi connectivity index (χ4v) is 1.91. The molecule has 0 spiro atoms. The van der Waals surface area contributed by atoms with Gasteiger partial charge in [-0.2, -0.15) is 0 Å². The molecule has 1 heterocycles. The Morgan fingerprint density at radius 3 is 3.13 bits per heavy atom. The second kappa shape index (κ2) is 4.47. The molecule has 0 N–H and O–H groups in total. The van der Waals surface area contributed by atoms with Crippen LogP contribution in [-0.4, -0.2) is 12.4 Å². The van der Waals surface area contributed by atoms with Gasteiger partial charge in [0.25, 0.3) is 0 Å². The number of para-hydroxylation sites is 1. The van der Waals surface area contributed by atoms with Gasteiger partial charge in [0.2, 0.25) is 0 Å². The van der Waals surface area contributed by atoms with Crippen LogP contribution in [0.3, 0.4) is 0 Å². The molecule has 0 amide bonds. The van der Waals surface area contributed by atoms with Crippen LogP contribution in [0.1, 0.15) is 42.1 Å². The molecule has 80 valence electrons. The maximum absolute atomic E-state index is 11.9. The fraction of sp³-hybridized carbons (Fsp3) is 0.462. The number of ether oxygens (including phenoxy) is 1. The van der Waals surface area contributed by atoms with Gasteiger partial charge in [0, 0.05) is 12.8 Å². The fourth-order valence-electron chi connectivity index (χ4n) is 1.91. The number of Topliss-reactive ketones (excluding diaryl/α,β-unsaturated/α-hetero) is 1. The first-order valence-corrected chi connectivity index (χ1v) is 5.61. The first-order chi connectivity index (χ1) is 7.33. The molecule has 1 aromatic carbocycles. The van der Waals surface area contributed by atoms with Crippen molar-refractivity contribution in [2.75, 3.05) is 6.61 Å². The second-order valence-electron chi connectivity index (χ2n) is 3.92. The van der Waals surface area contributed by atoms with E-state index in [0.29, 0.717) is 13.0 Å². The van der Waals surface area contributed by atoms with Gasteiger partial charge in [-0.1, -0.05) is 25.5 Å². The summed E-state index contributed by atoms with van der Waals surface area (Å²) in [5.41, 5.74) is 1.95. The highest BCUT2D eigenvalue weighted by atomic mass is 16.5. The predicted molar refractivity (Wildman–Crippen MR) is 59.5 cm³/mol. The summed E-state index contributed by atoms with van der Waals surface area (Å²) < 4.78 is 5.51. The SMILES string of the molecule is CCCCC(=O)c1cccc2c1OCC2. The Morgan fingerprint density at radius 2 is 2.33 bits per heavy atom. The zero-order valence-corrected chi connectivity index (χ0v) is 9.08. The number of carbonyl (C=O) groups excluding carboxylic acids is 1. The zero-order valence-electron chi connectivity index (χ0n) is 9.08. The Balaban J connectivity index is 2.21. The standard InChI is InChI=1S/C13H16O2/c1-2-3-7-12(14)11-6-4-5-10-8-9-15-13(10)11/h4-6H,2-3,7-9H2,1H3. The molecule has 0 saturated carbocycles. The van der Waals surface area contributed by atoms with E-state index in [1.165, 1.54) is 5.56 Å². The quantitative estimate of drug-likeness (QED) is 0.705. The molecule has 1 aromatic rings. The molecule has 0 saturated heterocycles. The lowest BCUT2D eigenvalue weighted by molar-refractivity contribution is 0.0976. The maximum Gasteiger partial charge on any atom is 0.166 e. The summed E-state index contributed by atoms with van der Waals surface area (Å²) in [6.07, 6.45) is 3.59. The van der Waals surface area contributed by atoms with Crippen molar-refractivity contribution < 1.29 is 9.53 Å². The number of hydrogen-bond acceptors (Lipinski definition) is 2. The van der Waals surface area contributed by atoms with Gasteiger partial charge in [-0.3, -0.25) is 4.79 Å². The molecule has 1 aliphatic rings. The molecule has 2 rings (SSSR count). The molecule has 2 heteroatoms. The summed E-state index contributed by atoms with van der Waals surface area (Å²) in [6.45, 7) is 2.81. The largest absolute Gasteiger partial charge is 0.492 e. The minimum Gasteiger partial charge on any atom is -0.492 e. The Kier molecular flexibility index (Phi) is 3.05. The second-order valence-corrected chi connectivity index (χ2v) is 3.92. The smallest absolute Gasteiger partial charge is 0.166 e. The van der Waals surface area contributed by atoms with Gasteiger partial charge in [0.1, 0.15) is 5.75 Å². The maximum atomic E-state index is 11.9. The topological polar surface area (TPSA) is 26.3 Å². The highest BCUT2D eigenvalue weighted by molar-refractivity contribution is 5.99. The van der Waals surface area contributed by atoms with E-state index in [0.717, 1.165) is 30.6 Å². The molecule has 0 fully saturated rings. The van der Waals surface area contributed by atoms with Crippen molar-refractivity contribution in [3.05, 3.63) is 29.3 Å². The molecule has 0 atom stereocenters. The Hall–Kier alpha value is -1.31. The average Bonchev–Trinajstić information content (AvgIpc) is 2.73. The average molecular weight is 204 g/mol. The van der Waals surface area contributed by atoms with Crippen molar-refractivity contribution in [3.8, 4) is 5.75 Å². The molecule has 2 nitrogen and oxygen atoms in total. The van der Waals surface area contributed by atoms with Crippen LogP contribution in [0.2, 0.25) is 0 Å². The van der Waals surface area contributed by atoms with Crippen LogP contribution in [0, 0.1) is 0 Å². The van der Waals surface area contributed by atoms with Crippen molar-refractivity contribution in [2.45, 2.75) is 32.6 Å². The predicted octanol–water partition coefficient (Wildman–Crippen LogP) is 2.99. The van der Waals surface area contributed by atoms with Crippen LogP contribution in [-0.2, 0) is 6.42 Å². The summed E-state index contributed by atoms with van der Waals surface area (Å²) in [5.74, 6) is 1.05. The molecule has 1 aliphatic heterocycles. The van der Waals surface area contributed by atoms with Crippen molar-refractivity contribution in [2.24, 2.45) is 0 Å². The van der Waals surface area contributed by atoms with Crippen molar-refractivity contribution >= 4 is 5.78 Å². The third-order valence-electron chi connectivity index (χ3n) is 2.77. The monoisotopic (exact) mass is 204 g/mol. The molecule has 0 aromatic heterocycles. The van der Waals surface area contributed by atoms with E-state index in [4.69, 9.17) is 4.74 Å². The van der Waals surface area contributed by atoms with Gasteiger partial charge < -0.3 is 4.74 Å². The highest BCUT2D eigenvalue weighted by Crippen LogP contribution is 2.30. The number of unbranched alkanes of at least 4 members (excludes halogenated alkanes) is 1. The number of ketones is 1. The summed E-state index contributed by atoms with van der Waals surface area (Å²) in [7, 11) is 0. The van der Waals surface area contributed by atoms with Gasteiger partial charge >= 0.3 is 0 Å². The zero-order chi connectivity index (χ0) is 10.7. The molecular formula is C13H16O2. The number of benzene rings is 1. The molecule has 0 radical (unpaired) electrons. The van der Waals surface area contributed by atoms with Gasteiger partial charge in [0.05, 0.1) is 12.2 Å². The van der Waals surface area contributed by atoms with Gasteiger partial charge in [-0.05, 0) is 18.1 Å². The number of rotatable bonds is 4. The molecule has 0 bridgehead atoms. The van der Waals surface area contributed by atoms with Crippen molar-refractivity contribution in [3.63, 3.8) is 0 Å².